The van der Waals surface area contributed by atoms with Gasteiger partial charge in [0.05, 0.1) is 0 Å². The van der Waals surface area contributed by atoms with Crippen LogP contribution in [0.5, 0.6) is 0 Å². The van der Waals surface area contributed by atoms with E-state index in [2.05, 4.69) is 50.2 Å². The first kappa shape index (κ1) is 20.3. The molecule has 1 fully saturated rings. The number of Topliss-reactive ketones (excluding diaryl/α,β-unsaturated/α-hetero) is 1. The van der Waals surface area contributed by atoms with E-state index < -0.39 is 0 Å². The number of carbonyl (C=O) groups is 2. The molecular formula is C25H30O3. The van der Waals surface area contributed by atoms with Crippen LogP contribution in [0.4, 0.5) is 0 Å². The van der Waals surface area contributed by atoms with E-state index in [1.54, 1.807) is 0 Å². The number of carbonyl (C=O) groups excluding carboxylic acids is 2. The van der Waals surface area contributed by atoms with Crippen molar-refractivity contribution in [3.63, 3.8) is 0 Å². The van der Waals surface area contributed by atoms with Crippen LogP contribution in [0, 0.1) is 19.8 Å². The van der Waals surface area contributed by atoms with E-state index in [9.17, 15) is 9.59 Å². The van der Waals surface area contributed by atoms with Crippen molar-refractivity contribution in [1.29, 1.82) is 0 Å². The van der Waals surface area contributed by atoms with Crippen molar-refractivity contribution < 1.29 is 14.3 Å². The molecule has 0 aromatic heterocycles. The Kier molecular flexibility index (Phi) is 7.02. The standard InChI is InChI=1S/C25H30O3/c1-18-7-5-10-22(15-18)23-14-13-20(16-19(23)2)17-28-25(27)12-6-9-21-8-3-4-11-24(21)26/h5,7,10,13-16,21H,3-4,6,8-9,11-12,17H2,1-2H3. The van der Waals surface area contributed by atoms with Crippen molar-refractivity contribution in [3.05, 3.63) is 59.2 Å². The second-order valence-corrected chi connectivity index (χ2v) is 7.98. The zero-order chi connectivity index (χ0) is 19.9. The molecular weight excluding hydrogens is 348 g/mol. The van der Waals surface area contributed by atoms with Gasteiger partial charge in [-0.15, -0.1) is 0 Å². The van der Waals surface area contributed by atoms with E-state index >= 15 is 0 Å². The summed E-state index contributed by atoms with van der Waals surface area (Å²) in [5.74, 6) is 0.367. The minimum atomic E-state index is -0.177. The molecule has 0 aliphatic heterocycles. The van der Waals surface area contributed by atoms with Gasteiger partial charge in [-0.3, -0.25) is 9.59 Å². The Labute approximate surface area is 168 Å². The first-order valence-corrected chi connectivity index (χ1v) is 10.4. The molecule has 1 atom stereocenters. The Morgan fingerprint density at radius 2 is 1.96 bits per heavy atom. The Morgan fingerprint density at radius 1 is 1.11 bits per heavy atom. The Morgan fingerprint density at radius 3 is 2.71 bits per heavy atom. The molecule has 0 amide bonds. The molecule has 3 rings (SSSR count). The Balaban J connectivity index is 1.47. The first-order chi connectivity index (χ1) is 13.5. The van der Waals surface area contributed by atoms with Gasteiger partial charge in [0.1, 0.15) is 12.4 Å². The van der Waals surface area contributed by atoms with Gasteiger partial charge < -0.3 is 4.74 Å². The third-order valence-electron chi connectivity index (χ3n) is 5.63. The monoisotopic (exact) mass is 378 g/mol. The Bertz CT molecular complexity index is 837. The molecule has 0 N–H and O–H groups in total. The fraction of sp³-hybridized carbons (Fsp3) is 0.440. The average molecular weight is 379 g/mol. The van der Waals surface area contributed by atoms with Crippen molar-refractivity contribution in [2.45, 2.75) is 65.4 Å². The van der Waals surface area contributed by atoms with Crippen LogP contribution < -0.4 is 0 Å². The van der Waals surface area contributed by atoms with Gasteiger partial charge in [-0.1, -0.05) is 54.4 Å². The molecule has 148 valence electrons. The summed E-state index contributed by atoms with van der Waals surface area (Å²) in [6.45, 7) is 4.48. The van der Waals surface area contributed by atoms with E-state index in [-0.39, 0.29) is 11.9 Å². The van der Waals surface area contributed by atoms with Gasteiger partial charge in [0, 0.05) is 18.8 Å². The van der Waals surface area contributed by atoms with Gasteiger partial charge in [0.15, 0.2) is 0 Å². The summed E-state index contributed by atoms with van der Waals surface area (Å²) in [4.78, 5) is 23.9. The summed E-state index contributed by atoms with van der Waals surface area (Å²) >= 11 is 0. The summed E-state index contributed by atoms with van der Waals surface area (Å²) in [6, 6.07) is 14.7. The molecule has 0 bridgehead atoms. The molecule has 0 heterocycles. The third-order valence-corrected chi connectivity index (χ3v) is 5.63. The highest BCUT2D eigenvalue weighted by Crippen LogP contribution is 2.26. The lowest BCUT2D eigenvalue weighted by molar-refractivity contribution is -0.145. The second-order valence-electron chi connectivity index (χ2n) is 7.98. The van der Waals surface area contributed by atoms with Gasteiger partial charge in [-0.2, -0.15) is 0 Å². The molecule has 3 nitrogen and oxygen atoms in total. The smallest absolute Gasteiger partial charge is 0.306 e. The SMILES string of the molecule is Cc1cccc(-c2ccc(COC(=O)CCCC3CCCCC3=O)cc2C)c1. The lowest BCUT2D eigenvalue weighted by Gasteiger charge is -2.19. The number of aryl methyl sites for hydroxylation is 2. The van der Waals surface area contributed by atoms with Crippen LogP contribution in [-0.2, 0) is 20.9 Å². The normalized spacial score (nSPS) is 16.8. The zero-order valence-electron chi connectivity index (χ0n) is 17.0. The van der Waals surface area contributed by atoms with Crippen LogP contribution in [-0.4, -0.2) is 11.8 Å². The largest absolute Gasteiger partial charge is 0.461 e. The third kappa shape index (κ3) is 5.54. The highest BCUT2D eigenvalue weighted by molar-refractivity contribution is 5.81. The fourth-order valence-electron chi connectivity index (χ4n) is 4.04. The van der Waals surface area contributed by atoms with Crippen LogP contribution in [0.3, 0.4) is 0 Å². The van der Waals surface area contributed by atoms with Crippen molar-refractivity contribution >= 4 is 11.8 Å². The van der Waals surface area contributed by atoms with Crippen LogP contribution in [0.1, 0.15) is 61.6 Å². The van der Waals surface area contributed by atoms with Crippen molar-refractivity contribution in [2.75, 3.05) is 0 Å². The van der Waals surface area contributed by atoms with Gasteiger partial charge in [0.25, 0.3) is 0 Å². The minimum absolute atomic E-state index is 0.165. The maximum Gasteiger partial charge on any atom is 0.306 e. The fourth-order valence-corrected chi connectivity index (χ4v) is 4.04. The molecule has 0 saturated heterocycles. The van der Waals surface area contributed by atoms with Gasteiger partial charge in [-0.25, -0.2) is 0 Å². The number of rotatable bonds is 7. The summed E-state index contributed by atoms with van der Waals surface area (Å²) < 4.78 is 5.44. The lowest BCUT2D eigenvalue weighted by atomic mass is 9.84. The summed E-state index contributed by atoms with van der Waals surface area (Å²) in [5, 5.41) is 0. The number of ketones is 1. The molecule has 1 unspecified atom stereocenters. The van der Waals surface area contributed by atoms with Crippen molar-refractivity contribution in [1.82, 2.24) is 0 Å². The number of ether oxygens (including phenoxy) is 1. The molecule has 2 aromatic carbocycles. The molecule has 2 aromatic rings. The Hall–Kier alpha value is -2.42. The molecule has 28 heavy (non-hydrogen) atoms. The van der Waals surface area contributed by atoms with Crippen LogP contribution in [0.25, 0.3) is 11.1 Å². The molecule has 0 spiro atoms. The molecule has 1 aliphatic carbocycles. The molecule has 3 heteroatoms. The quantitative estimate of drug-likeness (QED) is 0.560. The van der Waals surface area contributed by atoms with E-state index in [1.165, 1.54) is 22.3 Å². The number of esters is 1. The van der Waals surface area contributed by atoms with Crippen LogP contribution >= 0.6 is 0 Å². The van der Waals surface area contributed by atoms with Gasteiger partial charge in [-0.05, 0) is 61.8 Å². The topological polar surface area (TPSA) is 43.4 Å². The summed E-state index contributed by atoms with van der Waals surface area (Å²) in [5.41, 5.74) is 5.83. The highest BCUT2D eigenvalue weighted by Gasteiger charge is 2.21. The predicted molar refractivity (Wildman–Crippen MR) is 112 cm³/mol. The van der Waals surface area contributed by atoms with Gasteiger partial charge >= 0.3 is 5.97 Å². The maximum atomic E-state index is 12.0. The van der Waals surface area contributed by atoms with E-state index in [1.807, 2.05) is 6.07 Å². The first-order valence-electron chi connectivity index (χ1n) is 10.4. The van der Waals surface area contributed by atoms with E-state index in [0.29, 0.717) is 25.2 Å². The summed E-state index contributed by atoms with van der Waals surface area (Å²) in [6.07, 6.45) is 5.81. The highest BCUT2D eigenvalue weighted by atomic mass is 16.5. The number of benzene rings is 2. The number of hydrogen-bond donors (Lipinski definition) is 0. The van der Waals surface area contributed by atoms with E-state index in [4.69, 9.17) is 4.74 Å². The second kappa shape index (κ2) is 9.68. The predicted octanol–water partition coefficient (Wildman–Crippen LogP) is 5.94. The van der Waals surface area contributed by atoms with Crippen LogP contribution in [0.15, 0.2) is 42.5 Å². The maximum absolute atomic E-state index is 12.0. The molecule has 0 radical (unpaired) electrons. The van der Waals surface area contributed by atoms with Gasteiger partial charge in [0.2, 0.25) is 0 Å². The van der Waals surface area contributed by atoms with Crippen molar-refractivity contribution in [3.8, 4) is 11.1 Å². The minimum Gasteiger partial charge on any atom is -0.461 e. The van der Waals surface area contributed by atoms with E-state index in [0.717, 1.165) is 37.7 Å². The molecule has 1 saturated carbocycles. The molecule has 1 aliphatic rings. The van der Waals surface area contributed by atoms with Crippen molar-refractivity contribution in [2.24, 2.45) is 5.92 Å². The zero-order valence-corrected chi connectivity index (χ0v) is 17.0. The summed E-state index contributed by atoms with van der Waals surface area (Å²) in [7, 11) is 0. The average Bonchev–Trinajstić information content (AvgIpc) is 2.68. The number of hydrogen-bond acceptors (Lipinski definition) is 3. The van der Waals surface area contributed by atoms with Crippen LogP contribution in [0.2, 0.25) is 0 Å². The lowest BCUT2D eigenvalue weighted by Crippen LogP contribution is -2.19.